The molecule has 1 amide bonds. The van der Waals surface area contributed by atoms with Crippen LogP contribution in [0.25, 0.3) is 10.9 Å². The Morgan fingerprint density at radius 1 is 1.41 bits per heavy atom. The number of likely N-dealkylation sites (tertiary alicyclic amines) is 1. The Bertz CT molecular complexity index is 724. The first-order valence-corrected chi connectivity index (χ1v) is 7.15. The van der Waals surface area contributed by atoms with Crippen molar-refractivity contribution in [2.24, 2.45) is 5.41 Å². The van der Waals surface area contributed by atoms with E-state index < -0.39 is 11.4 Å². The minimum Gasteiger partial charge on any atom is -0.481 e. The lowest BCUT2D eigenvalue weighted by atomic mass is 9.88. The average Bonchev–Trinajstić information content (AvgIpc) is 3.13. The van der Waals surface area contributed by atoms with E-state index in [4.69, 9.17) is 4.74 Å². The number of H-pyrrole nitrogens is 1. The molecule has 3 rings (SSSR count). The Balaban J connectivity index is 1.88. The number of hydrogen-bond acceptors (Lipinski definition) is 3. The van der Waals surface area contributed by atoms with Crippen molar-refractivity contribution < 1.29 is 19.4 Å². The first kappa shape index (κ1) is 14.6. The number of hydrogen-bond donors (Lipinski definition) is 2. The van der Waals surface area contributed by atoms with Crippen LogP contribution in [0, 0.1) is 5.41 Å². The van der Waals surface area contributed by atoms with Crippen molar-refractivity contribution in [2.75, 3.05) is 26.8 Å². The third kappa shape index (κ3) is 2.25. The van der Waals surface area contributed by atoms with Crippen LogP contribution < -0.4 is 0 Å². The van der Waals surface area contributed by atoms with Crippen molar-refractivity contribution in [3.63, 3.8) is 0 Å². The Hall–Kier alpha value is -2.34. The molecule has 0 aliphatic carbocycles. The topological polar surface area (TPSA) is 82.6 Å². The number of aromatic nitrogens is 1. The van der Waals surface area contributed by atoms with E-state index in [9.17, 15) is 14.7 Å². The number of fused-ring (bicyclic) bond motifs is 1. The Morgan fingerprint density at radius 3 is 2.95 bits per heavy atom. The van der Waals surface area contributed by atoms with Crippen LogP contribution in [0.15, 0.2) is 30.5 Å². The molecule has 1 aliphatic heterocycles. The number of methoxy groups -OCH3 is 1. The van der Waals surface area contributed by atoms with Crippen LogP contribution in [0.2, 0.25) is 0 Å². The molecule has 0 bridgehead atoms. The molecule has 6 heteroatoms. The van der Waals surface area contributed by atoms with Crippen LogP contribution in [-0.2, 0) is 9.53 Å². The molecule has 2 aromatic rings. The van der Waals surface area contributed by atoms with Gasteiger partial charge in [-0.3, -0.25) is 9.59 Å². The van der Waals surface area contributed by atoms with Crippen molar-refractivity contribution in [2.45, 2.75) is 6.42 Å². The van der Waals surface area contributed by atoms with E-state index in [0.29, 0.717) is 18.5 Å². The lowest BCUT2D eigenvalue weighted by molar-refractivity contribution is -0.151. The summed E-state index contributed by atoms with van der Waals surface area (Å²) in [5.41, 5.74) is 0.349. The second kappa shape index (κ2) is 5.46. The van der Waals surface area contributed by atoms with E-state index in [2.05, 4.69) is 4.98 Å². The molecule has 0 spiro atoms. The summed E-state index contributed by atoms with van der Waals surface area (Å²) in [5, 5.41) is 10.4. The third-order valence-electron chi connectivity index (χ3n) is 4.33. The standard InChI is InChI=1S/C16H18N2O4/c1-22-10-16(15(20)21)6-8-18(9-16)14(19)12-4-2-3-11-5-7-17-13(11)12/h2-5,7,17H,6,8-10H2,1H3,(H,20,21). The Kier molecular flexibility index (Phi) is 3.62. The van der Waals surface area contributed by atoms with Gasteiger partial charge in [-0.1, -0.05) is 12.1 Å². The first-order chi connectivity index (χ1) is 10.6. The number of rotatable bonds is 4. The average molecular weight is 302 g/mol. The second-order valence-corrected chi connectivity index (χ2v) is 5.74. The van der Waals surface area contributed by atoms with E-state index in [1.165, 1.54) is 7.11 Å². The number of ether oxygens (including phenoxy) is 1. The molecule has 1 aliphatic rings. The van der Waals surface area contributed by atoms with E-state index >= 15 is 0 Å². The number of para-hydroxylation sites is 1. The van der Waals surface area contributed by atoms with Crippen LogP contribution >= 0.6 is 0 Å². The summed E-state index contributed by atoms with van der Waals surface area (Å²) in [4.78, 5) is 29.0. The number of benzene rings is 1. The van der Waals surface area contributed by atoms with E-state index in [1.807, 2.05) is 18.2 Å². The van der Waals surface area contributed by atoms with Crippen LogP contribution in [-0.4, -0.2) is 53.7 Å². The molecule has 1 saturated heterocycles. The quantitative estimate of drug-likeness (QED) is 0.901. The minimum absolute atomic E-state index is 0.110. The van der Waals surface area contributed by atoms with Crippen LogP contribution in [0.4, 0.5) is 0 Å². The highest BCUT2D eigenvalue weighted by Gasteiger charge is 2.46. The van der Waals surface area contributed by atoms with Gasteiger partial charge in [0.1, 0.15) is 5.41 Å². The van der Waals surface area contributed by atoms with Gasteiger partial charge in [0.2, 0.25) is 0 Å². The number of carboxylic acids is 1. The van der Waals surface area contributed by atoms with Gasteiger partial charge in [0.25, 0.3) is 5.91 Å². The van der Waals surface area contributed by atoms with E-state index in [0.717, 1.165) is 10.9 Å². The van der Waals surface area contributed by atoms with Crippen molar-refractivity contribution in [1.82, 2.24) is 9.88 Å². The van der Waals surface area contributed by atoms with Crippen molar-refractivity contribution in [1.29, 1.82) is 0 Å². The lowest BCUT2D eigenvalue weighted by Gasteiger charge is -2.24. The molecule has 116 valence electrons. The van der Waals surface area contributed by atoms with Gasteiger partial charge in [-0.05, 0) is 18.6 Å². The zero-order valence-electron chi connectivity index (χ0n) is 12.3. The number of carbonyl (C=O) groups excluding carboxylic acids is 1. The number of carboxylic acid groups (broad SMARTS) is 1. The van der Waals surface area contributed by atoms with Crippen molar-refractivity contribution in [3.05, 3.63) is 36.0 Å². The summed E-state index contributed by atoms with van der Waals surface area (Å²) < 4.78 is 5.06. The summed E-state index contributed by atoms with van der Waals surface area (Å²) in [6.07, 6.45) is 2.19. The van der Waals surface area contributed by atoms with Gasteiger partial charge in [-0.15, -0.1) is 0 Å². The predicted octanol–water partition coefficient (Wildman–Crippen LogP) is 1.73. The van der Waals surface area contributed by atoms with Gasteiger partial charge < -0.3 is 19.7 Å². The number of aliphatic carboxylic acids is 1. The smallest absolute Gasteiger partial charge is 0.313 e. The molecule has 2 heterocycles. The molecule has 6 nitrogen and oxygen atoms in total. The van der Waals surface area contributed by atoms with Crippen LogP contribution in [0.1, 0.15) is 16.8 Å². The molecular formula is C16H18N2O4. The maximum atomic E-state index is 12.7. The highest BCUT2D eigenvalue weighted by atomic mass is 16.5. The summed E-state index contributed by atoms with van der Waals surface area (Å²) >= 11 is 0. The van der Waals surface area contributed by atoms with Crippen LogP contribution in [0.5, 0.6) is 0 Å². The van der Waals surface area contributed by atoms with Crippen LogP contribution in [0.3, 0.4) is 0 Å². The summed E-state index contributed by atoms with van der Waals surface area (Å²) in [7, 11) is 1.48. The monoisotopic (exact) mass is 302 g/mol. The van der Waals surface area contributed by atoms with E-state index in [1.54, 1.807) is 17.2 Å². The molecule has 2 N–H and O–H groups in total. The van der Waals surface area contributed by atoms with Gasteiger partial charge in [0.15, 0.2) is 0 Å². The summed E-state index contributed by atoms with van der Waals surface area (Å²) in [6, 6.07) is 7.43. The molecular weight excluding hydrogens is 284 g/mol. The fourth-order valence-electron chi connectivity index (χ4n) is 3.11. The molecule has 0 radical (unpaired) electrons. The van der Waals surface area contributed by atoms with Gasteiger partial charge >= 0.3 is 5.97 Å². The lowest BCUT2D eigenvalue weighted by Crippen LogP contribution is -2.40. The number of aromatic amines is 1. The third-order valence-corrected chi connectivity index (χ3v) is 4.33. The number of nitrogens with one attached hydrogen (secondary N) is 1. The largest absolute Gasteiger partial charge is 0.481 e. The Morgan fingerprint density at radius 2 is 2.23 bits per heavy atom. The Labute approximate surface area is 127 Å². The minimum atomic E-state index is -1.01. The van der Waals surface area contributed by atoms with E-state index in [-0.39, 0.29) is 19.1 Å². The van der Waals surface area contributed by atoms with Crippen molar-refractivity contribution in [3.8, 4) is 0 Å². The summed E-state index contributed by atoms with van der Waals surface area (Å²) in [6.45, 7) is 0.705. The van der Waals surface area contributed by atoms with Gasteiger partial charge in [-0.2, -0.15) is 0 Å². The predicted molar refractivity (Wildman–Crippen MR) is 80.8 cm³/mol. The van der Waals surface area contributed by atoms with Gasteiger partial charge in [0.05, 0.1) is 17.7 Å². The molecule has 0 saturated carbocycles. The van der Waals surface area contributed by atoms with Crippen molar-refractivity contribution >= 4 is 22.8 Å². The molecule has 1 unspecified atom stereocenters. The highest BCUT2D eigenvalue weighted by molar-refractivity contribution is 6.06. The fourth-order valence-corrected chi connectivity index (χ4v) is 3.11. The van der Waals surface area contributed by atoms with Gasteiger partial charge in [0, 0.05) is 31.8 Å². The zero-order valence-corrected chi connectivity index (χ0v) is 12.3. The maximum absolute atomic E-state index is 12.7. The number of amides is 1. The summed E-state index contributed by atoms with van der Waals surface area (Å²) in [5.74, 6) is -1.06. The zero-order chi connectivity index (χ0) is 15.7. The number of nitrogens with zero attached hydrogens (tertiary/aromatic N) is 1. The molecule has 22 heavy (non-hydrogen) atoms. The van der Waals surface area contributed by atoms with Gasteiger partial charge in [-0.25, -0.2) is 0 Å². The molecule has 1 aromatic heterocycles. The molecule has 1 atom stereocenters. The SMILES string of the molecule is COCC1(C(=O)O)CCN(C(=O)c2cccc3cc[nH]c23)C1. The fraction of sp³-hybridized carbons (Fsp3) is 0.375. The number of carbonyl (C=O) groups is 2. The normalized spacial score (nSPS) is 21.4. The molecule has 1 fully saturated rings. The molecule has 1 aromatic carbocycles. The maximum Gasteiger partial charge on any atom is 0.313 e. The highest BCUT2D eigenvalue weighted by Crippen LogP contribution is 2.32. The first-order valence-electron chi connectivity index (χ1n) is 7.15. The second-order valence-electron chi connectivity index (χ2n) is 5.74.